The van der Waals surface area contributed by atoms with Crippen LogP contribution in [0.3, 0.4) is 0 Å². The molecule has 1 aromatic carbocycles. The Hall–Kier alpha value is -1.25. The van der Waals surface area contributed by atoms with Gasteiger partial charge in [0.1, 0.15) is 5.82 Å². The van der Waals surface area contributed by atoms with E-state index in [0.717, 1.165) is 11.4 Å². The molecule has 2 atom stereocenters. The Morgan fingerprint density at radius 1 is 1.31 bits per heavy atom. The van der Waals surface area contributed by atoms with Crippen LogP contribution in [0, 0.1) is 5.82 Å². The van der Waals surface area contributed by atoms with Crippen molar-refractivity contribution in [3.05, 3.63) is 24.0 Å². The van der Waals surface area contributed by atoms with Crippen LogP contribution < -0.4 is 10.2 Å². The summed E-state index contributed by atoms with van der Waals surface area (Å²) in [5.41, 5.74) is 2.08. The SMILES string of the molecule is CN1c2cc(F)ccc2NC2CCCCC21. The fourth-order valence-corrected chi connectivity index (χ4v) is 3.04. The number of nitrogens with zero attached hydrogens (tertiary/aromatic N) is 1. The van der Waals surface area contributed by atoms with Crippen molar-refractivity contribution in [1.82, 2.24) is 0 Å². The summed E-state index contributed by atoms with van der Waals surface area (Å²) in [7, 11) is 2.09. The molecule has 86 valence electrons. The van der Waals surface area contributed by atoms with E-state index in [4.69, 9.17) is 0 Å². The van der Waals surface area contributed by atoms with Gasteiger partial charge in [0.25, 0.3) is 0 Å². The lowest BCUT2D eigenvalue weighted by Crippen LogP contribution is -2.50. The van der Waals surface area contributed by atoms with Gasteiger partial charge in [0.15, 0.2) is 0 Å². The maximum atomic E-state index is 13.2. The number of nitrogens with one attached hydrogen (secondary N) is 1. The van der Waals surface area contributed by atoms with Crippen LogP contribution in [0.2, 0.25) is 0 Å². The van der Waals surface area contributed by atoms with Crippen molar-refractivity contribution in [1.29, 1.82) is 0 Å². The molecule has 0 radical (unpaired) electrons. The molecule has 0 bridgehead atoms. The van der Waals surface area contributed by atoms with Crippen LogP contribution in [0.25, 0.3) is 0 Å². The van der Waals surface area contributed by atoms with E-state index < -0.39 is 0 Å². The van der Waals surface area contributed by atoms with Crippen molar-refractivity contribution in [2.45, 2.75) is 37.8 Å². The fraction of sp³-hybridized carbons (Fsp3) is 0.538. The fourth-order valence-electron chi connectivity index (χ4n) is 3.04. The van der Waals surface area contributed by atoms with Crippen molar-refractivity contribution in [3.8, 4) is 0 Å². The van der Waals surface area contributed by atoms with Crippen molar-refractivity contribution in [3.63, 3.8) is 0 Å². The first-order valence-corrected chi connectivity index (χ1v) is 6.04. The zero-order chi connectivity index (χ0) is 11.1. The van der Waals surface area contributed by atoms with E-state index in [1.807, 2.05) is 6.07 Å². The third-order valence-electron chi connectivity index (χ3n) is 3.91. The third-order valence-corrected chi connectivity index (χ3v) is 3.91. The Morgan fingerprint density at radius 2 is 2.12 bits per heavy atom. The maximum Gasteiger partial charge on any atom is 0.125 e. The van der Waals surface area contributed by atoms with E-state index in [1.54, 1.807) is 6.07 Å². The van der Waals surface area contributed by atoms with Gasteiger partial charge in [-0.3, -0.25) is 0 Å². The molecular weight excluding hydrogens is 203 g/mol. The lowest BCUT2D eigenvalue weighted by atomic mass is 9.87. The molecule has 2 unspecified atom stereocenters. The number of benzene rings is 1. The van der Waals surface area contributed by atoms with Crippen LogP contribution >= 0.6 is 0 Å². The molecule has 0 amide bonds. The molecule has 1 N–H and O–H groups in total. The van der Waals surface area contributed by atoms with E-state index in [9.17, 15) is 4.39 Å². The average molecular weight is 220 g/mol. The average Bonchev–Trinajstić information content (AvgIpc) is 2.31. The topological polar surface area (TPSA) is 15.3 Å². The molecule has 0 spiro atoms. The minimum atomic E-state index is -0.151. The number of hydrogen-bond donors (Lipinski definition) is 1. The van der Waals surface area contributed by atoms with Crippen molar-refractivity contribution in [2.24, 2.45) is 0 Å². The Balaban J connectivity index is 2.00. The predicted octanol–water partition coefficient (Wildman–Crippen LogP) is 3.00. The highest BCUT2D eigenvalue weighted by Gasteiger charge is 2.33. The Kier molecular flexibility index (Phi) is 2.27. The van der Waals surface area contributed by atoms with E-state index in [2.05, 4.69) is 17.3 Å². The second-order valence-electron chi connectivity index (χ2n) is 4.88. The Bertz CT molecular complexity index is 405. The zero-order valence-electron chi connectivity index (χ0n) is 9.54. The molecule has 1 heterocycles. The quantitative estimate of drug-likeness (QED) is 0.723. The lowest BCUT2D eigenvalue weighted by molar-refractivity contribution is 0.384. The van der Waals surface area contributed by atoms with Gasteiger partial charge in [-0.05, 0) is 31.0 Å². The van der Waals surface area contributed by atoms with Gasteiger partial charge in [-0.1, -0.05) is 12.8 Å². The minimum absolute atomic E-state index is 0.151. The molecule has 1 aliphatic heterocycles. The molecule has 2 nitrogen and oxygen atoms in total. The first kappa shape index (κ1) is 9.94. The highest BCUT2D eigenvalue weighted by molar-refractivity contribution is 5.73. The van der Waals surface area contributed by atoms with Crippen LogP contribution in [0.1, 0.15) is 25.7 Å². The van der Waals surface area contributed by atoms with Crippen LogP contribution in [-0.2, 0) is 0 Å². The van der Waals surface area contributed by atoms with Crippen molar-refractivity contribution < 1.29 is 4.39 Å². The number of anilines is 2. The summed E-state index contributed by atoms with van der Waals surface area (Å²) in [5.74, 6) is -0.151. The van der Waals surface area contributed by atoms with Crippen LogP contribution in [0.5, 0.6) is 0 Å². The Labute approximate surface area is 95.4 Å². The molecule has 2 aliphatic rings. The van der Waals surface area contributed by atoms with Crippen LogP contribution in [0.15, 0.2) is 18.2 Å². The first-order valence-electron chi connectivity index (χ1n) is 6.04. The van der Waals surface area contributed by atoms with Crippen molar-refractivity contribution in [2.75, 3.05) is 17.3 Å². The van der Waals surface area contributed by atoms with Gasteiger partial charge in [-0.2, -0.15) is 0 Å². The van der Waals surface area contributed by atoms with Crippen LogP contribution in [0.4, 0.5) is 15.8 Å². The summed E-state index contributed by atoms with van der Waals surface area (Å²) in [6.45, 7) is 0. The van der Waals surface area contributed by atoms with Gasteiger partial charge in [0.2, 0.25) is 0 Å². The number of rotatable bonds is 0. The number of likely N-dealkylation sites (N-methyl/N-ethyl adjacent to an activating group) is 1. The molecule has 0 saturated heterocycles. The second kappa shape index (κ2) is 3.65. The lowest BCUT2D eigenvalue weighted by Gasteiger charge is -2.45. The molecule has 0 aromatic heterocycles. The summed E-state index contributed by atoms with van der Waals surface area (Å²) in [6.07, 6.45) is 5.03. The minimum Gasteiger partial charge on any atom is -0.379 e. The molecule has 3 heteroatoms. The number of halogens is 1. The molecule has 16 heavy (non-hydrogen) atoms. The summed E-state index contributed by atoms with van der Waals surface area (Å²) in [6, 6.07) is 6.09. The molecule has 1 aliphatic carbocycles. The third kappa shape index (κ3) is 1.46. The molecule has 3 rings (SSSR count). The van der Waals surface area contributed by atoms with E-state index in [0.29, 0.717) is 12.1 Å². The normalized spacial score (nSPS) is 28.0. The van der Waals surface area contributed by atoms with E-state index in [1.165, 1.54) is 31.7 Å². The highest BCUT2D eigenvalue weighted by atomic mass is 19.1. The van der Waals surface area contributed by atoms with Crippen molar-refractivity contribution >= 4 is 11.4 Å². The number of fused-ring (bicyclic) bond motifs is 2. The van der Waals surface area contributed by atoms with Gasteiger partial charge < -0.3 is 10.2 Å². The largest absolute Gasteiger partial charge is 0.379 e. The standard InChI is InChI=1S/C13H17FN2/c1-16-12-5-3-2-4-10(12)15-11-7-6-9(14)8-13(11)16/h6-8,10,12,15H,2-5H2,1H3. The maximum absolute atomic E-state index is 13.2. The second-order valence-corrected chi connectivity index (χ2v) is 4.88. The van der Waals surface area contributed by atoms with Gasteiger partial charge in [0, 0.05) is 19.1 Å². The Morgan fingerprint density at radius 3 is 3.00 bits per heavy atom. The van der Waals surface area contributed by atoms with Gasteiger partial charge in [-0.15, -0.1) is 0 Å². The van der Waals surface area contributed by atoms with E-state index >= 15 is 0 Å². The monoisotopic (exact) mass is 220 g/mol. The molecule has 1 saturated carbocycles. The molecular formula is C13H17FN2. The summed E-state index contributed by atoms with van der Waals surface area (Å²) >= 11 is 0. The van der Waals surface area contributed by atoms with Gasteiger partial charge in [-0.25, -0.2) is 4.39 Å². The summed E-state index contributed by atoms with van der Waals surface area (Å²) in [4.78, 5) is 2.25. The highest BCUT2D eigenvalue weighted by Crippen LogP contribution is 2.38. The predicted molar refractivity (Wildman–Crippen MR) is 64.5 cm³/mol. The number of hydrogen-bond acceptors (Lipinski definition) is 2. The van der Waals surface area contributed by atoms with Gasteiger partial charge in [0.05, 0.1) is 11.4 Å². The smallest absolute Gasteiger partial charge is 0.125 e. The van der Waals surface area contributed by atoms with Gasteiger partial charge >= 0.3 is 0 Å². The molecule has 1 aromatic rings. The van der Waals surface area contributed by atoms with E-state index in [-0.39, 0.29) is 5.82 Å². The summed E-state index contributed by atoms with van der Waals surface area (Å²) in [5, 5.41) is 3.55. The first-order chi connectivity index (χ1) is 7.75. The zero-order valence-corrected chi connectivity index (χ0v) is 9.54. The summed E-state index contributed by atoms with van der Waals surface area (Å²) < 4.78 is 13.2. The van der Waals surface area contributed by atoms with Crippen LogP contribution in [-0.4, -0.2) is 19.1 Å². The molecule has 1 fully saturated rings.